The van der Waals surface area contributed by atoms with Gasteiger partial charge >= 0.3 is 0 Å². The first-order valence-electron chi connectivity index (χ1n) is 8.75. The Labute approximate surface area is 163 Å². The minimum atomic E-state index is -0.342. The molecule has 5 nitrogen and oxygen atoms in total. The Hall–Kier alpha value is -3.18. The highest BCUT2D eigenvalue weighted by Gasteiger charge is 2.34. The fourth-order valence-electron chi connectivity index (χ4n) is 3.49. The van der Waals surface area contributed by atoms with Crippen LogP contribution in [0.4, 0.5) is 8.28 Å². The maximum atomic E-state index is 13.7. The van der Waals surface area contributed by atoms with Crippen molar-refractivity contribution in [1.29, 1.82) is 5.26 Å². The second-order valence-electron chi connectivity index (χ2n) is 6.73. The van der Waals surface area contributed by atoms with Crippen molar-refractivity contribution in [3.05, 3.63) is 66.0 Å². The van der Waals surface area contributed by atoms with Crippen LogP contribution in [0.15, 0.2) is 48.8 Å². The Balaban J connectivity index is 1.78. The minimum absolute atomic E-state index is 0.0642. The van der Waals surface area contributed by atoms with E-state index in [0.717, 1.165) is 29.7 Å². The summed E-state index contributed by atoms with van der Waals surface area (Å²) in [6.45, 7) is 0. The van der Waals surface area contributed by atoms with Gasteiger partial charge in [0.05, 0.1) is 11.9 Å². The molecule has 0 bridgehead atoms. The molecule has 0 spiro atoms. The van der Waals surface area contributed by atoms with Gasteiger partial charge in [0.2, 0.25) is 0 Å². The molecule has 0 atom stereocenters. The molecule has 5 rings (SSSR count). The van der Waals surface area contributed by atoms with Gasteiger partial charge in [0, 0.05) is 28.8 Å². The van der Waals surface area contributed by atoms with Gasteiger partial charge in [0.15, 0.2) is 12.3 Å². The standard InChI is InChI=1S/C20H13F2N5S/c21-15-6-3-12(4-7-15)19-18(20(13-1-2-13)27(25-19)28-22)14-5-8-17-24-10-16(9-23)26(17)11-14/h3-8,10-11,13H,1-2H2. The normalized spacial score (nSPS) is 13.8. The van der Waals surface area contributed by atoms with E-state index in [2.05, 4.69) is 16.2 Å². The molecule has 1 aromatic carbocycles. The molecule has 0 amide bonds. The predicted molar refractivity (Wildman–Crippen MR) is 103 cm³/mol. The molecule has 138 valence electrons. The maximum Gasteiger partial charge on any atom is 0.187 e. The molecule has 1 aliphatic rings. The van der Waals surface area contributed by atoms with Gasteiger partial charge in [-0.2, -0.15) is 14.4 Å². The molecule has 3 heterocycles. The summed E-state index contributed by atoms with van der Waals surface area (Å²) >= 11 is 0.0642. The molecular weight excluding hydrogens is 380 g/mol. The van der Waals surface area contributed by atoms with E-state index in [-0.39, 0.29) is 24.1 Å². The van der Waals surface area contributed by atoms with Crippen molar-refractivity contribution in [3.63, 3.8) is 0 Å². The minimum Gasteiger partial charge on any atom is -0.291 e. The highest BCUT2D eigenvalue weighted by atomic mass is 32.2. The van der Waals surface area contributed by atoms with Crippen LogP contribution >= 0.6 is 12.3 Å². The predicted octanol–water partition coefficient (Wildman–Crippen LogP) is 5.13. The smallest absolute Gasteiger partial charge is 0.187 e. The van der Waals surface area contributed by atoms with E-state index in [0.29, 0.717) is 22.6 Å². The van der Waals surface area contributed by atoms with Crippen LogP contribution in [0.25, 0.3) is 28.0 Å². The zero-order chi connectivity index (χ0) is 19.3. The van der Waals surface area contributed by atoms with Gasteiger partial charge in [0.1, 0.15) is 28.9 Å². The molecule has 4 aromatic rings. The first-order chi connectivity index (χ1) is 13.7. The number of nitrogens with zero attached hydrogens (tertiary/aromatic N) is 5. The molecule has 0 saturated heterocycles. The van der Waals surface area contributed by atoms with E-state index >= 15 is 0 Å². The van der Waals surface area contributed by atoms with Crippen molar-refractivity contribution >= 4 is 18.0 Å². The van der Waals surface area contributed by atoms with Crippen molar-refractivity contribution in [2.45, 2.75) is 18.8 Å². The zero-order valence-corrected chi connectivity index (χ0v) is 15.3. The summed E-state index contributed by atoms with van der Waals surface area (Å²) < 4.78 is 30.1. The highest BCUT2D eigenvalue weighted by Crippen LogP contribution is 2.48. The third kappa shape index (κ3) is 2.67. The lowest BCUT2D eigenvalue weighted by Gasteiger charge is -2.08. The number of halogens is 2. The quantitative estimate of drug-likeness (QED) is 0.482. The second kappa shape index (κ2) is 6.46. The summed E-state index contributed by atoms with van der Waals surface area (Å²) in [4.78, 5) is 4.22. The van der Waals surface area contributed by atoms with Gasteiger partial charge in [-0.25, -0.2) is 9.37 Å². The summed E-state index contributed by atoms with van der Waals surface area (Å²) in [6.07, 6.45) is 5.28. The number of rotatable bonds is 4. The molecule has 0 N–H and O–H groups in total. The topological polar surface area (TPSA) is 58.9 Å². The van der Waals surface area contributed by atoms with Crippen LogP contribution in [-0.4, -0.2) is 18.6 Å². The van der Waals surface area contributed by atoms with Crippen LogP contribution in [0.5, 0.6) is 0 Å². The van der Waals surface area contributed by atoms with E-state index in [1.165, 1.54) is 22.4 Å². The zero-order valence-electron chi connectivity index (χ0n) is 14.5. The lowest BCUT2D eigenvalue weighted by Crippen LogP contribution is -1.95. The van der Waals surface area contributed by atoms with E-state index < -0.39 is 0 Å². The highest BCUT2D eigenvalue weighted by molar-refractivity contribution is 7.92. The molecule has 28 heavy (non-hydrogen) atoms. The van der Waals surface area contributed by atoms with Gasteiger partial charge < -0.3 is 0 Å². The molecule has 1 fully saturated rings. The number of aromatic nitrogens is 4. The van der Waals surface area contributed by atoms with Gasteiger partial charge in [-0.3, -0.25) is 4.40 Å². The van der Waals surface area contributed by atoms with E-state index in [4.69, 9.17) is 0 Å². The maximum absolute atomic E-state index is 13.7. The van der Waals surface area contributed by atoms with Crippen LogP contribution in [0.2, 0.25) is 0 Å². The van der Waals surface area contributed by atoms with Crippen LogP contribution < -0.4 is 0 Å². The fourth-order valence-corrected chi connectivity index (χ4v) is 3.91. The van der Waals surface area contributed by atoms with Crippen LogP contribution in [-0.2, 0) is 0 Å². The molecule has 8 heteroatoms. The average molecular weight is 393 g/mol. The molecule has 1 aliphatic carbocycles. The SMILES string of the molecule is N#Cc1cnc2ccc(-c3c(-c4ccc(F)cc4)nn(SF)c3C3CC3)cn12. The van der Waals surface area contributed by atoms with Crippen LogP contribution in [0.1, 0.15) is 30.1 Å². The summed E-state index contributed by atoms with van der Waals surface area (Å²) in [5.74, 6) is -0.112. The Morgan fingerprint density at radius 1 is 1.11 bits per heavy atom. The van der Waals surface area contributed by atoms with Gasteiger partial charge in [-0.1, -0.05) is 0 Å². The van der Waals surface area contributed by atoms with Gasteiger partial charge in [-0.15, -0.1) is 3.89 Å². The van der Waals surface area contributed by atoms with E-state index in [1.54, 1.807) is 16.5 Å². The number of hydrogen-bond acceptors (Lipinski definition) is 4. The average Bonchev–Trinajstić information content (AvgIpc) is 3.36. The largest absolute Gasteiger partial charge is 0.291 e. The molecular formula is C20H13F2N5S. The van der Waals surface area contributed by atoms with E-state index in [1.807, 2.05) is 18.3 Å². The Morgan fingerprint density at radius 3 is 2.54 bits per heavy atom. The number of fused-ring (bicyclic) bond motifs is 1. The summed E-state index contributed by atoms with van der Waals surface area (Å²) in [6, 6.07) is 11.8. The van der Waals surface area contributed by atoms with Gasteiger partial charge in [-0.05, 0) is 49.2 Å². The molecule has 0 radical (unpaired) electrons. The molecule has 1 saturated carbocycles. The number of hydrogen-bond donors (Lipinski definition) is 0. The number of imidazole rings is 1. The van der Waals surface area contributed by atoms with Crippen LogP contribution in [0.3, 0.4) is 0 Å². The summed E-state index contributed by atoms with van der Waals surface area (Å²) in [5, 5.41) is 13.8. The van der Waals surface area contributed by atoms with Crippen molar-refractivity contribution in [2.24, 2.45) is 0 Å². The third-order valence-corrected chi connectivity index (χ3v) is 5.35. The van der Waals surface area contributed by atoms with Crippen molar-refractivity contribution < 1.29 is 8.28 Å². The Bertz CT molecular complexity index is 1230. The summed E-state index contributed by atoms with van der Waals surface area (Å²) in [7, 11) is 0. The summed E-state index contributed by atoms with van der Waals surface area (Å²) in [5.41, 5.74) is 4.79. The lowest BCUT2D eigenvalue weighted by molar-refractivity contribution is 0.628. The molecule has 0 unspecified atom stereocenters. The fraction of sp³-hybridized carbons (Fsp3) is 0.150. The van der Waals surface area contributed by atoms with Crippen molar-refractivity contribution in [3.8, 4) is 28.5 Å². The first-order valence-corrected chi connectivity index (χ1v) is 9.42. The van der Waals surface area contributed by atoms with Crippen molar-refractivity contribution in [2.75, 3.05) is 0 Å². The third-order valence-electron chi connectivity index (χ3n) is 4.95. The van der Waals surface area contributed by atoms with Gasteiger partial charge in [0.25, 0.3) is 0 Å². The lowest BCUT2D eigenvalue weighted by atomic mass is 9.98. The number of benzene rings is 1. The van der Waals surface area contributed by atoms with Crippen LogP contribution in [0, 0.1) is 17.1 Å². The number of nitriles is 1. The van der Waals surface area contributed by atoms with Crippen molar-refractivity contribution in [1.82, 2.24) is 18.6 Å². The first kappa shape index (κ1) is 17.0. The Kier molecular flexibility index (Phi) is 3.91. The van der Waals surface area contributed by atoms with E-state index in [9.17, 15) is 13.5 Å². The molecule has 0 aliphatic heterocycles. The number of pyridine rings is 1. The monoisotopic (exact) mass is 393 g/mol. The second-order valence-corrected chi connectivity index (χ2v) is 7.22. The Morgan fingerprint density at radius 2 is 1.86 bits per heavy atom. The molecule has 3 aromatic heterocycles.